The van der Waals surface area contributed by atoms with Crippen LogP contribution in [0.1, 0.15) is 22.6 Å². The first-order valence-electron chi connectivity index (χ1n) is 6.44. The van der Waals surface area contributed by atoms with Crippen LogP contribution in [0.2, 0.25) is 0 Å². The van der Waals surface area contributed by atoms with Crippen LogP contribution < -0.4 is 4.90 Å². The molecule has 2 aromatic carbocycles. The van der Waals surface area contributed by atoms with E-state index in [1.165, 1.54) is 28.0 Å². The second kappa shape index (κ2) is 3.49. The Bertz CT molecular complexity index is 654. The van der Waals surface area contributed by atoms with Crippen molar-refractivity contribution in [2.45, 2.75) is 12.5 Å². The number of hydrogen-bond acceptors (Lipinski definition) is 1. The molecule has 0 amide bonds. The second-order valence-corrected chi connectivity index (χ2v) is 5.17. The van der Waals surface area contributed by atoms with Crippen molar-refractivity contribution >= 4 is 11.3 Å². The number of anilines is 1. The van der Waals surface area contributed by atoms with Gasteiger partial charge in [-0.25, -0.2) is 0 Å². The number of allylic oxidation sites excluding steroid dienone is 2. The lowest BCUT2D eigenvalue weighted by atomic mass is 9.95. The predicted molar refractivity (Wildman–Crippen MR) is 75.7 cm³/mol. The van der Waals surface area contributed by atoms with Crippen LogP contribution in [0, 0.1) is 0 Å². The van der Waals surface area contributed by atoms with Crippen LogP contribution in [-0.2, 0) is 6.54 Å². The zero-order valence-electron chi connectivity index (χ0n) is 10.4. The highest BCUT2D eigenvalue weighted by molar-refractivity contribution is 5.92. The molecule has 0 bridgehead atoms. The molecule has 2 aromatic rings. The third-order valence-corrected chi connectivity index (χ3v) is 4.00. The lowest BCUT2D eigenvalue weighted by molar-refractivity contribution is 0.897. The van der Waals surface area contributed by atoms with Crippen molar-refractivity contribution in [1.82, 2.24) is 0 Å². The van der Waals surface area contributed by atoms with Gasteiger partial charge in [0.1, 0.15) is 0 Å². The molecular formula is C17H15N. The molecule has 2 aliphatic rings. The molecule has 1 unspecified atom stereocenters. The topological polar surface area (TPSA) is 3.24 Å². The summed E-state index contributed by atoms with van der Waals surface area (Å²) in [5.74, 6) is 0.552. The molecule has 1 heterocycles. The van der Waals surface area contributed by atoms with E-state index in [2.05, 4.69) is 66.6 Å². The highest BCUT2D eigenvalue weighted by atomic mass is 15.1. The Hall–Kier alpha value is -2.02. The smallest absolute Gasteiger partial charge is 0.0443 e. The number of fused-ring (bicyclic) bond motifs is 5. The van der Waals surface area contributed by atoms with E-state index in [4.69, 9.17) is 0 Å². The van der Waals surface area contributed by atoms with E-state index in [-0.39, 0.29) is 0 Å². The normalized spacial score (nSPS) is 19.9. The molecule has 4 rings (SSSR count). The molecule has 1 heteroatoms. The van der Waals surface area contributed by atoms with Crippen LogP contribution in [0.25, 0.3) is 5.57 Å². The minimum Gasteiger partial charge on any atom is -0.370 e. The van der Waals surface area contributed by atoms with E-state index in [0.29, 0.717) is 5.92 Å². The molecule has 0 N–H and O–H groups in total. The summed E-state index contributed by atoms with van der Waals surface area (Å²) in [7, 11) is 2.18. The van der Waals surface area contributed by atoms with Gasteiger partial charge in [0.15, 0.2) is 0 Å². The van der Waals surface area contributed by atoms with Gasteiger partial charge in [-0.1, -0.05) is 48.5 Å². The van der Waals surface area contributed by atoms with Gasteiger partial charge in [0, 0.05) is 30.8 Å². The summed E-state index contributed by atoms with van der Waals surface area (Å²) < 4.78 is 0. The summed E-state index contributed by atoms with van der Waals surface area (Å²) in [4.78, 5) is 2.35. The van der Waals surface area contributed by atoms with Gasteiger partial charge in [0.2, 0.25) is 0 Å². The van der Waals surface area contributed by atoms with Gasteiger partial charge < -0.3 is 4.90 Å². The molecule has 88 valence electrons. The first-order valence-corrected chi connectivity index (χ1v) is 6.44. The fraction of sp³-hybridized carbons (Fsp3) is 0.176. The molecule has 1 aliphatic heterocycles. The van der Waals surface area contributed by atoms with Gasteiger partial charge in [-0.2, -0.15) is 0 Å². The van der Waals surface area contributed by atoms with E-state index >= 15 is 0 Å². The quantitative estimate of drug-likeness (QED) is 0.668. The third kappa shape index (κ3) is 1.34. The summed E-state index contributed by atoms with van der Waals surface area (Å²) in [5, 5.41) is 0. The minimum atomic E-state index is 0.552. The molecule has 0 fully saturated rings. The molecule has 0 aromatic heterocycles. The molecule has 0 radical (unpaired) electrons. The van der Waals surface area contributed by atoms with Crippen molar-refractivity contribution in [2.24, 2.45) is 0 Å². The van der Waals surface area contributed by atoms with Crippen LogP contribution in [0.3, 0.4) is 0 Å². The Labute approximate surface area is 107 Å². The third-order valence-electron chi connectivity index (χ3n) is 4.00. The monoisotopic (exact) mass is 233 g/mol. The zero-order chi connectivity index (χ0) is 12.1. The van der Waals surface area contributed by atoms with Crippen LogP contribution in [-0.4, -0.2) is 7.05 Å². The van der Waals surface area contributed by atoms with E-state index in [1.54, 1.807) is 0 Å². The summed E-state index contributed by atoms with van der Waals surface area (Å²) in [6.07, 6.45) is 2.39. The van der Waals surface area contributed by atoms with Crippen LogP contribution in [0.5, 0.6) is 0 Å². The number of nitrogens with zero attached hydrogens (tertiary/aromatic N) is 1. The zero-order valence-corrected chi connectivity index (χ0v) is 10.4. The first kappa shape index (κ1) is 9.95. The maximum absolute atomic E-state index is 2.39. The van der Waals surface area contributed by atoms with Crippen LogP contribution >= 0.6 is 0 Å². The Morgan fingerprint density at radius 1 is 1.00 bits per heavy atom. The highest BCUT2D eigenvalue weighted by Gasteiger charge is 2.33. The van der Waals surface area contributed by atoms with Gasteiger partial charge in [-0.3, -0.25) is 0 Å². The number of rotatable bonds is 0. The predicted octanol–water partition coefficient (Wildman–Crippen LogP) is 3.82. The first-order chi connectivity index (χ1) is 8.84. The molecule has 0 saturated carbocycles. The summed E-state index contributed by atoms with van der Waals surface area (Å²) in [6, 6.07) is 17.5. The average molecular weight is 233 g/mol. The van der Waals surface area contributed by atoms with Crippen LogP contribution in [0.15, 0.2) is 54.6 Å². The molecule has 0 saturated heterocycles. The number of para-hydroxylation sites is 1. The summed E-state index contributed by atoms with van der Waals surface area (Å²) in [5.41, 5.74) is 7.17. The Morgan fingerprint density at radius 2 is 1.78 bits per heavy atom. The van der Waals surface area contributed by atoms with Gasteiger partial charge in [-0.15, -0.1) is 0 Å². The van der Waals surface area contributed by atoms with Gasteiger partial charge in [-0.05, 0) is 22.8 Å². The standard InChI is InChI=1S/C17H15N/c1-18-11-12-6-2-3-7-13(12)15-10-16(15)14-8-4-5-9-17(14)18/h2-10,15H,11H2,1H3. The summed E-state index contributed by atoms with van der Waals surface area (Å²) in [6.45, 7) is 0.991. The fourth-order valence-corrected chi connectivity index (χ4v) is 3.02. The maximum atomic E-state index is 2.39. The largest absolute Gasteiger partial charge is 0.370 e. The molecule has 1 aliphatic carbocycles. The molecule has 0 spiro atoms. The maximum Gasteiger partial charge on any atom is 0.0443 e. The van der Waals surface area contributed by atoms with Crippen molar-refractivity contribution in [1.29, 1.82) is 0 Å². The van der Waals surface area contributed by atoms with Gasteiger partial charge >= 0.3 is 0 Å². The Kier molecular flexibility index (Phi) is 1.93. The Morgan fingerprint density at radius 3 is 2.72 bits per heavy atom. The molecular weight excluding hydrogens is 218 g/mol. The van der Waals surface area contributed by atoms with Gasteiger partial charge in [0.25, 0.3) is 0 Å². The minimum absolute atomic E-state index is 0.552. The van der Waals surface area contributed by atoms with Crippen molar-refractivity contribution in [3.05, 3.63) is 71.3 Å². The average Bonchev–Trinajstić information content (AvgIpc) is 3.18. The van der Waals surface area contributed by atoms with Crippen molar-refractivity contribution < 1.29 is 0 Å². The van der Waals surface area contributed by atoms with E-state index in [9.17, 15) is 0 Å². The fourth-order valence-electron chi connectivity index (χ4n) is 3.02. The van der Waals surface area contributed by atoms with Crippen molar-refractivity contribution in [3.63, 3.8) is 0 Å². The highest BCUT2D eigenvalue weighted by Crippen LogP contribution is 2.51. The van der Waals surface area contributed by atoms with Gasteiger partial charge in [0.05, 0.1) is 0 Å². The number of benzene rings is 2. The molecule has 1 atom stereocenters. The lowest BCUT2D eigenvalue weighted by Crippen LogP contribution is -2.19. The SMILES string of the molecule is CN1Cc2ccccc2C2C=C2c2ccccc21. The van der Waals surface area contributed by atoms with Crippen molar-refractivity contribution in [2.75, 3.05) is 11.9 Å². The number of hydrogen-bond donors (Lipinski definition) is 0. The van der Waals surface area contributed by atoms with E-state index < -0.39 is 0 Å². The van der Waals surface area contributed by atoms with Crippen molar-refractivity contribution in [3.8, 4) is 0 Å². The molecule has 1 nitrogen and oxygen atoms in total. The lowest BCUT2D eigenvalue weighted by Gasteiger charge is -2.26. The summed E-state index contributed by atoms with van der Waals surface area (Å²) >= 11 is 0. The van der Waals surface area contributed by atoms with Crippen LogP contribution in [0.4, 0.5) is 5.69 Å². The van der Waals surface area contributed by atoms with E-state index in [1.807, 2.05) is 0 Å². The van der Waals surface area contributed by atoms with E-state index in [0.717, 1.165) is 6.54 Å². The molecule has 18 heavy (non-hydrogen) atoms. The Balaban J connectivity index is 1.89. The second-order valence-electron chi connectivity index (χ2n) is 5.17.